The van der Waals surface area contributed by atoms with E-state index in [1.54, 1.807) is 36.4 Å². The van der Waals surface area contributed by atoms with Crippen molar-refractivity contribution in [1.29, 1.82) is 0 Å². The molecule has 0 bridgehead atoms. The molecule has 3 heterocycles. The quantitative estimate of drug-likeness (QED) is 0.183. The number of piperazine rings is 1. The van der Waals surface area contributed by atoms with Crippen molar-refractivity contribution < 1.29 is 19.8 Å². The van der Waals surface area contributed by atoms with E-state index in [4.69, 9.17) is 10.2 Å². The fourth-order valence-electron chi connectivity index (χ4n) is 5.38. The third kappa shape index (κ3) is 9.13. The van der Waals surface area contributed by atoms with E-state index in [1.807, 2.05) is 72.8 Å². The predicted molar refractivity (Wildman–Crippen MR) is 193 cm³/mol. The van der Waals surface area contributed by atoms with Crippen LogP contribution in [-0.2, 0) is 22.7 Å². The lowest BCUT2D eigenvalue weighted by molar-refractivity contribution is -0.138. The van der Waals surface area contributed by atoms with Gasteiger partial charge in [0.25, 0.3) is 11.1 Å². The van der Waals surface area contributed by atoms with Crippen LogP contribution < -0.4 is 21.8 Å². The van der Waals surface area contributed by atoms with Crippen LogP contribution in [0.1, 0.15) is 12.8 Å². The average Bonchev–Trinajstić information content (AvgIpc) is 3.16. The van der Waals surface area contributed by atoms with Crippen LogP contribution in [0.15, 0.2) is 119 Å². The summed E-state index contributed by atoms with van der Waals surface area (Å²) in [5, 5.41) is 25.2. The Morgan fingerprint density at radius 3 is 1.22 bits per heavy atom. The van der Waals surface area contributed by atoms with Gasteiger partial charge in [0.05, 0.1) is 34.6 Å². The van der Waals surface area contributed by atoms with Gasteiger partial charge in [0.1, 0.15) is 11.6 Å². The molecule has 0 saturated carbocycles. The van der Waals surface area contributed by atoms with Crippen LogP contribution in [-0.4, -0.2) is 67.4 Å². The van der Waals surface area contributed by atoms with E-state index in [0.717, 1.165) is 37.3 Å². The van der Waals surface area contributed by atoms with E-state index in [1.165, 1.54) is 9.13 Å². The molecule has 1 fully saturated rings. The lowest BCUT2D eigenvalue weighted by Crippen LogP contribution is -2.39. The summed E-state index contributed by atoms with van der Waals surface area (Å²) in [6.07, 6.45) is -0.250. The van der Waals surface area contributed by atoms with Crippen molar-refractivity contribution in [1.82, 2.24) is 29.7 Å². The number of rotatable bonds is 8. The van der Waals surface area contributed by atoms with Crippen LogP contribution in [0.4, 0.5) is 0 Å². The number of carboxylic acid groups (broad SMARTS) is 2. The van der Waals surface area contributed by atoms with Crippen molar-refractivity contribution in [2.24, 2.45) is 0 Å². The van der Waals surface area contributed by atoms with Crippen molar-refractivity contribution in [3.8, 4) is 22.8 Å². The summed E-state index contributed by atoms with van der Waals surface area (Å²) in [5.41, 5.74) is 2.36. The minimum Gasteiger partial charge on any atom is -0.481 e. The first-order valence-corrected chi connectivity index (χ1v) is 16.3. The Kier molecular flexibility index (Phi) is 12.3. The third-order valence-electron chi connectivity index (χ3n) is 7.84. The van der Waals surface area contributed by atoms with E-state index in [0.29, 0.717) is 33.5 Å². The largest absolute Gasteiger partial charge is 0.481 e. The van der Waals surface area contributed by atoms with Gasteiger partial charge in [0.2, 0.25) is 0 Å². The summed E-state index contributed by atoms with van der Waals surface area (Å²) in [6, 6.07) is 32.8. The van der Waals surface area contributed by atoms with Crippen molar-refractivity contribution in [3.63, 3.8) is 0 Å². The van der Waals surface area contributed by atoms with E-state index < -0.39 is 11.9 Å². The Hall–Kier alpha value is -5.98. The summed E-state index contributed by atoms with van der Waals surface area (Å²) in [5.74, 6) is -0.908. The molecule has 0 amide bonds. The molecule has 0 radical (unpaired) electrons. The van der Waals surface area contributed by atoms with Crippen molar-refractivity contribution in [2.45, 2.75) is 25.9 Å². The molecule has 0 spiro atoms. The molecule has 0 unspecified atom stereocenters. The second-order valence-corrected chi connectivity index (χ2v) is 11.3. The van der Waals surface area contributed by atoms with Gasteiger partial charge >= 0.3 is 11.9 Å². The van der Waals surface area contributed by atoms with Crippen molar-refractivity contribution >= 4 is 33.7 Å². The standard InChI is InChI=1S/2C17H14N2O3.C4H10N2/c2*20-15(21)10-11-19-16(12-6-2-1-3-7-12)18-14-9-5-4-8-13(14)17(19)22;1-2-6-4-3-5-1/h2*1-9H,10-11H2,(H,20,21);5-6H,1-4H2. The number of carboxylic acids is 2. The lowest BCUT2D eigenvalue weighted by Gasteiger charge is -2.12. The van der Waals surface area contributed by atoms with Gasteiger partial charge in [-0.2, -0.15) is 0 Å². The molecule has 2 aromatic heterocycles. The number of fused-ring (bicyclic) bond motifs is 2. The van der Waals surface area contributed by atoms with Crippen LogP contribution in [0.3, 0.4) is 0 Å². The van der Waals surface area contributed by atoms with Gasteiger partial charge in [-0.15, -0.1) is 0 Å². The van der Waals surface area contributed by atoms with Crippen LogP contribution in [0.5, 0.6) is 0 Å². The first kappa shape index (κ1) is 35.3. The Morgan fingerprint density at radius 1 is 0.540 bits per heavy atom. The highest BCUT2D eigenvalue weighted by molar-refractivity contribution is 5.80. The van der Waals surface area contributed by atoms with Crippen LogP contribution in [0.2, 0.25) is 0 Å². The number of para-hydroxylation sites is 2. The number of carbonyl (C=O) groups is 2. The number of nitrogens with one attached hydrogen (secondary N) is 2. The first-order valence-electron chi connectivity index (χ1n) is 16.3. The molecule has 7 rings (SSSR count). The topological polar surface area (TPSA) is 168 Å². The van der Waals surface area contributed by atoms with E-state index in [2.05, 4.69) is 20.6 Å². The number of aromatic nitrogens is 4. The highest BCUT2D eigenvalue weighted by Gasteiger charge is 2.15. The maximum absolute atomic E-state index is 12.7. The fourth-order valence-corrected chi connectivity index (χ4v) is 5.38. The Balaban J connectivity index is 0.000000167. The second-order valence-electron chi connectivity index (χ2n) is 11.3. The summed E-state index contributed by atoms with van der Waals surface area (Å²) >= 11 is 0. The zero-order valence-corrected chi connectivity index (χ0v) is 27.4. The molecular weight excluding hydrogens is 636 g/mol. The van der Waals surface area contributed by atoms with Crippen LogP contribution >= 0.6 is 0 Å². The van der Waals surface area contributed by atoms with Crippen LogP contribution in [0, 0.1) is 0 Å². The normalized spacial score (nSPS) is 12.3. The molecule has 12 nitrogen and oxygen atoms in total. The molecule has 0 aliphatic carbocycles. The van der Waals surface area contributed by atoms with Crippen molar-refractivity contribution in [2.75, 3.05) is 26.2 Å². The molecular formula is C38H38N6O6. The molecule has 6 aromatic rings. The molecule has 4 N–H and O–H groups in total. The minimum absolute atomic E-state index is 0.0935. The Morgan fingerprint density at radius 2 is 0.880 bits per heavy atom. The number of hydrogen-bond acceptors (Lipinski definition) is 8. The minimum atomic E-state index is -0.945. The monoisotopic (exact) mass is 674 g/mol. The van der Waals surface area contributed by atoms with Gasteiger partial charge in [0, 0.05) is 50.4 Å². The smallest absolute Gasteiger partial charge is 0.305 e. The second kappa shape index (κ2) is 17.4. The number of hydrogen-bond donors (Lipinski definition) is 4. The van der Waals surface area contributed by atoms with Gasteiger partial charge in [-0.1, -0.05) is 84.9 Å². The first-order chi connectivity index (χ1) is 24.3. The van der Waals surface area contributed by atoms with Gasteiger partial charge < -0.3 is 20.8 Å². The zero-order chi connectivity index (χ0) is 35.3. The van der Waals surface area contributed by atoms with Gasteiger partial charge in [-0.25, -0.2) is 9.97 Å². The maximum atomic E-state index is 12.7. The zero-order valence-electron chi connectivity index (χ0n) is 27.4. The molecule has 256 valence electrons. The van der Waals surface area contributed by atoms with Crippen molar-refractivity contribution in [3.05, 3.63) is 130 Å². The Bertz CT molecular complexity index is 2020. The SMILES string of the molecule is C1CNCCN1.O=C(O)CCn1c(-c2ccccc2)nc2ccccc2c1=O.O=C(O)CCn1c(-c2ccccc2)nc2ccccc2c1=O. The van der Waals surface area contributed by atoms with Gasteiger partial charge in [-0.05, 0) is 24.3 Å². The van der Waals surface area contributed by atoms with Crippen LogP contribution in [0.25, 0.3) is 44.6 Å². The van der Waals surface area contributed by atoms with E-state index >= 15 is 0 Å². The third-order valence-corrected chi connectivity index (χ3v) is 7.84. The highest BCUT2D eigenvalue weighted by Crippen LogP contribution is 2.20. The molecule has 1 saturated heterocycles. The maximum Gasteiger partial charge on any atom is 0.305 e. The molecule has 1 aliphatic rings. The van der Waals surface area contributed by atoms with Gasteiger partial charge in [0.15, 0.2) is 0 Å². The Labute approximate surface area is 287 Å². The molecule has 1 aliphatic heterocycles. The number of nitrogens with zero attached hydrogens (tertiary/aromatic N) is 4. The van der Waals surface area contributed by atoms with E-state index in [-0.39, 0.29) is 37.0 Å². The predicted octanol–water partition coefficient (Wildman–Crippen LogP) is 4.26. The fraction of sp³-hybridized carbons (Fsp3) is 0.211. The molecule has 50 heavy (non-hydrogen) atoms. The summed E-state index contributed by atoms with van der Waals surface area (Å²) in [4.78, 5) is 56.2. The summed E-state index contributed by atoms with van der Waals surface area (Å²) in [6.45, 7) is 4.74. The lowest BCUT2D eigenvalue weighted by atomic mass is 10.1. The molecule has 0 atom stereocenters. The average molecular weight is 675 g/mol. The summed E-state index contributed by atoms with van der Waals surface area (Å²) in [7, 11) is 0. The molecule has 12 heteroatoms. The number of aliphatic carboxylic acids is 2. The molecule has 4 aromatic carbocycles. The van der Waals surface area contributed by atoms with Gasteiger partial charge in [-0.3, -0.25) is 28.3 Å². The number of benzene rings is 4. The highest BCUT2D eigenvalue weighted by atomic mass is 16.4. The summed E-state index contributed by atoms with van der Waals surface area (Å²) < 4.78 is 2.87. The van der Waals surface area contributed by atoms with E-state index in [9.17, 15) is 19.2 Å².